The molecule has 3 nitrogen and oxygen atoms in total. The normalized spacial score (nSPS) is 22.1. The van der Waals surface area contributed by atoms with Crippen molar-refractivity contribution in [2.75, 3.05) is 6.54 Å². The molecule has 0 radical (unpaired) electrons. The van der Waals surface area contributed by atoms with Crippen LogP contribution in [0.15, 0.2) is 18.2 Å². The lowest BCUT2D eigenvalue weighted by Crippen LogP contribution is -2.44. The number of benzene rings is 1. The number of aryl methyl sites for hydroxylation is 2. The Morgan fingerprint density at radius 2 is 1.90 bits per heavy atom. The molecule has 1 fully saturated rings. The number of amides is 1. The molecule has 1 saturated carbocycles. The molecule has 2 rings (SSSR count). The van der Waals surface area contributed by atoms with Crippen LogP contribution in [0.25, 0.3) is 0 Å². The first-order chi connectivity index (χ1) is 10.0. The highest BCUT2D eigenvalue weighted by Crippen LogP contribution is 2.25. The molecule has 1 amide bonds. The van der Waals surface area contributed by atoms with Crippen molar-refractivity contribution in [3.05, 3.63) is 34.9 Å². The van der Waals surface area contributed by atoms with Crippen LogP contribution in [0, 0.1) is 13.8 Å². The molecule has 1 aromatic rings. The van der Waals surface area contributed by atoms with Crippen LogP contribution in [0.3, 0.4) is 0 Å². The van der Waals surface area contributed by atoms with E-state index in [1.165, 1.54) is 0 Å². The molecular formula is C18H28N2O. The Morgan fingerprint density at radius 1 is 1.24 bits per heavy atom. The van der Waals surface area contributed by atoms with Crippen LogP contribution in [0.2, 0.25) is 0 Å². The van der Waals surface area contributed by atoms with Crippen molar-refractivity contribution in [1.82, 2.24) is 4.90 Å². The first-order valence-corrected chi connectivity index (χ1v) is 8.16. The molecule has 0 unspecified atom stereocenters. The molecule has 0 bridgehead atoms. The van der Waals surface area contributed by atoms with Crippen LogP contribution in [-0.4, -0.2) is 29.4 Å². The third-order valence-electron chi connectivity index (χ3n) is 4.53. The molecule has 0 heterocycles. The quantitative estimate of drug-likeness (QED) is 0.922. The smallest absolute Gasteiger partial charge is 0.254 e. The number of rotatable bonds is 4. The summed E-state index contributed by atoms with van der Waals surface area (Å²) in [6.45, 7) is 7.04. The van der Waals surface area contributed by atoms with E-state index in [-0.39, 0.29) is 5.91 Å². The van der Waals surface area contributed by atoms with E-state index < -0.39 is 0 Å². The molecule has 0 aliphatic heterocycles. The molecule has 21 heavy (non-hydrogen) atoms. The maximum atomic E-state index is 13.0. The minimum Gasteiger partial charge on any atom is -0.336 e. The molecular weight excluding hydrogens is 260 g/mol. The van der Waals surface area contributed by atoms with Crippen molar-refractivity contribution >= 4 is 5.91 Å². The lowest BCUT2D eigenvalue weighted by Gasteiger charge is -2.36. The minimum atomic E-state index is 0.193. The van der Waals surface area contributed by atoms with E-state index in [1.54, 1.807) is 0 Å². The van der Waals surface area contributed by atoms with Crippen LogP contribution in [0.5, 0.6) is 0 Å². The van der Waals surface area contributed by atoms with Gasteiger partial charge in [0.1, 0.15) is 0 Å². The molecule has 2 N–H and O–H groups in total. The van der Waals surface area contributed by atoms with E-state index in [4.69, 9.17) is 5.73 Å². The zero-order valence-corrected chi connectivity index (χ0v) is 13.6. The van der Waals surface area contributed by atoms with E-state index in [9.17, 15) is 4.79 Å². The van der Waals surface area contributed by atoms with Crippen molar-refractivity contribution in [3.8, 4) is 0 Å². The van der Waals surface area contributed by atoms with Crippen molar-refractivity contribution in [3.63, 3.8) is 0 Å². The summed E-state index contributed by atoms with van der Waals surface area (Å²) in [4.78, 5) is 15.1. The largest absolute Gasteiger partial charge is 0.336 e. The zero-order chi connectivity index (χ0) is 15.4. The van der Waals surface area contributed by atoms with E-state index >= 15 is 0 Å². The van der Waals surface area contributed by atoms with Gasteiger partial charge in [-0.15, -0.1) is 0 Å². The van der Waals surface area contributed by atoms with E-state index in [0.29, 0.717) is 12.1 Å². The molecule has 0 aromatic heterocycles. The van der Waals surface area contributed by atoms with Gasteiger partial charge in [0.2, 0.25) is 0 Å². The van der Waals surface area contributed by atoms with Gasteiger partial charge in [-0.25, -0.2) is 0 Å². The summed E-state index contributed by atoms with van der Waals surface area (Å²) in [7, 11) is 0. The van der Waals surface area contributed by atoms with Gasteiger partial charge in [0.05, 0.1) is 0 Å². The number of carbonyl (C=O) groups is 1. The van der Waals surface area contributed by atoms with E-state index in [1.807, 2.05) is 26.0 Å². The number of nitrogens with two attached hydrogens (primary N) is 1. The Bertz CT molecular complexity index is 490. The fraction of sp³-hybridized carbons (Fsp3) is 0.611. The Kier molecular flexibility index (Phi) is 5.40. The second-order valence-electron chi connectivity index (χ2n) is 6.39. The predicted molar refractivity (Wildman–Crippen MR) is 87.5 cm³/mol. The van der Waals surface area contributed by atoms with Gasteiger partial charge in [-0.1, -0.05) is 24.6 Å². The zero-order valence-electron chi connectivity index (χ0n) is 13.6. The monoisotopic (exact) mass is 288 g/mol. The van der Waals surface area contributed by atoms with Gasteiger partial charge in [-0.2, -0.15) is 0 Å². The molecule has 0 atom stereocenters. The second kappa shape index (κ2) is 7.08. The minimum absolute atomic E-state index is 0.193. The second-order valence-corrected chi connectivity index (χ2v) is 6.39. The molecule has 1 aliphatic carbocycles. The Morgan fingerprint density at radius 3 is 2.52 bits per heavy atom. The Labute approximate surface area is 128 Å². The van der Waals surface area contributed by atoms with Gasteiger partial charge < -0.3 is 10.6 Å². The summed E-state index contributed by atoms with van der Waals surface area (Å²) in [5.41, 5.74) is 9.07. The van der Waals surface area contributed by atoms with Crippen LogP contribution < -0.4 is 5.73 Å². The molecule has 1 aromatic carbocycles. The van der Waals surface area contributed by atoms with Gasteiger partial charge in [0.25, 0.3) is 5.91 Å². The summed E-state index contributed by atoms with van der Waals surface area (Å²) < 4.78 is 0. The fourth-order valence-corrected chi connectivity index (χ4v) is 3.23. The summed E-state index contributed by atoms with van der Waals surface area (Å²) in [6, 6.07) is 6.81. The van der Waals surface area contributed by atoms with Crippen LogP contribution in [-0.2, 0) is 0 Å². The maximum Gasteiger partial charge on any atom is 0.254 e. The number of nitrogens with zero attached hydrogens (tertiary/aromatic N) is 1. The fourth-order valence-electron chi connectivity index (χ4n) is 3.23. The standard InChI is InChI=1S/C18H28N2O/c1-4-11-20(16-9-7-15(19)8-10-16)18(21)17-12-13(2)5-6-14(17)3/h5-6,12,15-16H,4,7-11,19H2,1-3H3. The Hall–Kier alpha value is -1.35. The summed E-state index contributed by atoms with van der Waals surface area (Å²) in [6.07, 6.45) is 5.14. The van der Waals surface area contributed by atoms with Gasteiger partial charge in [0.15, 0.2) is 0 Å². The Balaban J connectivity index is 2.20. The maximum absolute atomic E-state index is 13.0. The average molecular weight is 288 g/mol. The predicted octanol–water partition coefficient (Wildman–Crippen LogP) is 3.43. The van der Waals surface area contributed by atoms with Gasteiger partial charge >= 0.3 is 0 Å². The summed E-state index contributed by atoms with van der Waals surface area (Å²) in [5, 5.41) is 0. The number of carbonyl (C=O) groups excluding carboxylic acids is 1. The highest BCUT2D eigenvalue weighted by molar-refractivity contribution is 5.96. The van der Waals surface area contributed by atoms with Crippen molar-refractivity contribution in [1.29, 1.82) is 0 Å². The number of hydrogen-bond acceptors (Lipinski definition) is 2. The topological polar surface area (TPSA) is 46.3 Å². The van der Waals surface area contributed by atoms with Crippen molar-refractivity contribution < 1.29 is 4.79 Å². The molecule has 0 saturated heterocycles. The van der Waals surface area contributed by atoms with Crippen LogP contribution >= 0.6 is 0 Å². The lowest BCUT2D eigenvalue weighted by atomic mass is 9.90. The third-order valence-corrected chi connectivity index (χ3v) is 4.53. The third kappa shape index (κ3) is 3.85. The number of hydrogen-bond donors (Lipinski definition) is 1. The summed E-state index contributed by atoms with van der Waals surface area (Å²) >= 11 is 0. The van der Waals surface area contributed by atoms with E-state index in [0.717, 1.165) is 55.3 Å². The molecule has 1 aliphatic rings. The SMILES string of the molecule is CCCN(C(=O)c1cc(C)ccc1C)C1CCC(N)CC1. The lowest BCUT2D eigenvalue weighted by molar-refractivity contribution is 0.0626. The molecule has 116 valence electrons. The van der Waals surface area contributed by atoms with Gasteiger partial charge in [-0.3, -0.25) is 4.79 Å². The van der Waals surface area contributed by atoms with Crippen molar-refractivity contribution in [2.45, 2.75) is 65.0 Å². The van der Waals surface area contributed by atoms with Crippen LogP contribution in [0.1, 0.15) is 60.5 Å². The first kappa shape index (κ1) is 16.0. The molecule has 0 spiro atoms. The van der Waals surface area contributed by atoms with E-state index in [2.05, 4.69) is 17.9 Å². The highest BCUT2D eigenvalue weighted by Gasteiger charge is 2.28. The highest BCUT2D eigenvalue weighted by atomic mass is 16.2. The summed E-state index contributed by atoms with van der Waals surface area (Å²) in [5.74, 6) is 0.193. The average Bonchev–Trinajstić information content (AvgIpc) is 2.48. The van der Waals surface area contributed by atoms with Crippen molar-refractivity contribution in [2.24, 2.45) is 5.73 Å². The molecule has 3 heteroatoms. The van der Waals surface area contributed by atoms with Gasteiger partial charge in [-0.05, 0) is 57.6 Å². The first-order valence-electron chi connectivity index (χ1n) is 8.16. The van der Waals surface area contributed by atoms with Crippen LogP contribution in [0.4, 0.5) is 0 Å². The van der Waals surface area contributed by atoms with Gasteiger partial charge in [0, 0.05) is 24.2 Å².